The Balaban J connectivity index is 1.70. The number of nitrogens with one attached hydrogen (secondary N) is 1. The Labute approximate surface area is 137 Å². The predicted octanol–water partition coefficient (Wildman–Crippen LogP) is 3.27. The summed E-state index contributed by atoms with van der Waals surface area (Å²) in [5, 5.41) is 2.81. The molecule has 0 heterocycles. The number of hydrogen-bond donors (Lipinski definition) is 1. The van der Waals surface area contributed by atoms with Gasteiger partial charge in [-0.2, -0.15) is 0 Å². The molecule has 0 aliphatic heterocycles. The number of rotatable bonds is 7. The normalized spacial score (nSPS) is 11.6. The van der Waals surface area contributed by atoms with Gasteiger partial charge in [0, 0.05) is 0 Å². The Morgan fingerprint density at radius 2 is 1.78 bits per heavy atom. The van der Waals surface area contributed by atoms with Crippen LogP contribution in [0.1, 0.15) is 18.1 Å². The molecule has 0 aromatic heterocycles. The molecule has 2 aromatic carbocycles. The van der Waals surface area contributed by atoms with Crippen LogP contribution in [0.25, 0.3) is 0 Å². The third-order valence-electron chi connectivity index (χ3n) is 3.36. The summed E-state index contributed by atoms with van der Waals surface area (Å²) in [6, 6.07) is 15.5. The van der Waals surface area contributed by atoms with Gasteiger partial charge < -0.3 is 14.8 Å². The van der Waals surface area contributed by atoms with Crippen LogP contribution >= 0.6 is 0 Å². The molecule has 0 spiro atoms. The molecule has 4 heteroatoms. The lowest BCUT2D eigenvalue weighted by atomic mass is 10.2. The van der Waals surface area contributed by atoms with Crippen LogP contribution in [0.4, 0.5) is 0 Å². The molecule has 2 aromatic rings. The average Bonchev–Trinajstić information content (AvgIpc) is 2.53. The van der Waals surface area contributed by atoms with Gasteiger partial charge in [-0.15, -0.1) is 0 Å². The highest BCUT2D eigenvalue weighted by Crippen LogP contribution is 2.14. The first-order valence-electron chi connectivity index (χ1n) is 7.75. The van der Waals surface area contributed by atoms with Gasteiger partial charge in [-0.3, -0.25) is 4.79 Å². The van der Waals surface area contributed by atoms with E-state index in [1.807, 2.05) is 62.4 Å². The molecule has 0 fully saturated rings. The van der Waals surface area contributed by atoms with E-state index in [-0.39, 0.29) is 5.91 Å². The summed E-state index contributed by atoms with van der Waals surface area (Å²) in [5.74, 6) is 1.34. The van der Waals surface area contributed by atoms with E-state index in [1.54, 1.807) is 6.92 Å². The van der Waals surface area contributed by atoms with E-state index in [0.29, 0.717) is 18.9 Å². The summed E-state index contributed by atoms with van der Waals surface area (Å²) in [5.41, 5.74) is 2.29. The number of carbonyl (C=O) groups excluding carboxylic acids is 1. The molecule has 0 bridgehead atoms. The number of hydrogen-bond acceptors (Lipinski definition) is 3. The molecule has 2 rings (SSSR count). The number of benzene rings is 2. The van der Waals surface area contributed by atoms with Crippen LogP contribution in [-0.4, -0.2) is 25.2 Å². The lowest BCUT2D eigenvalue weighted by Gasteiger charge is -2.15. The van der Waals surface area contributed by atoms with Crippen LogP contribution in [0.3, 0.4) is 0 Å². The van der Waals surface area contributed by atoms with Gasteiger partial charge in [0.1, 0.15) is 18.1 Å². The SMILES string of the molecule is Cc1ccc(OCCNC(=O)C(C)Oc2cccc(C)c2)cc1. The Morgan fingerprint density at radius 1 is 1.04 bits per heavy atom. The topological polar surface area (TPSA) is 47.6 Å². The molecule has 0 radical (unpaired) electrons. The third-order valence-corrected chi connectivity index (χ3v) is 3.36. The van der Waals surface area contributed by atoms with Gasteiger partial charge in [-0.1, -0.05) is 29.8 Å². The van der Waals surface area contributed by atoms with Crippen molar-refractivity contribution in [1.29, 1.82) is 0 Å². The molecule has 23 heavy (non-hydrogen) atoms. The fourth-order valence-electron chi connectivity index (χ4n) is 2.07. The van der Waals surface area contributed by atoms with E-state index in [0.717, 1.165) is 11.3 Å². The summed E-state index contributed by atoms with van der Waals surface area (Å²) < 4.78 is 11.2. The fraction of sp³-hybridized carbons (Fsp3) is 0.316. The standard InChI is InChI=1S/C19H23NO3/c1-14-7-9-17(10-8-14)22-12-11-20-19(21)16(3)23-18-6-4-5-15(2)13-18/h4-10,13,16H,11-12H2,1-3H3,(H,20,21). The first-order chi connectivity index (χ1) is 11.0. The van der Waals surface area contributed by atoms with E-state index in [9.17, 15) is 4.79 Å². The second-order valence-electron chi connectivity index (χ2n) is 5.53. The zero-order chi connectivity index (χ0) is 16.7. The van der Waals surface area contributed by atoms with Crippen LogP contribution in [0.15, 0.2) is 48.5 Å². The van der Waals surface area contributed by atoms with E-state index >= 15 is 0 Å². The van der Waals surface area contributed by atoms with Crippen LogP contribution in [-0.2, 0) is 4.79 Å². The maximum atomic E-state index is 12.0. The molecule has 1 N–H and O–H groups in total. The zero-order valence-electron chi connectivity index (χ0n) is 13.8. The predicted molar refractivity (Wildman–Crippen MR) is 91.0 cm³/mol. The minimum Gasteiger partial charge on any atom is -0.492 e. The van der Waals surface area contributed by atoms with Gasteiger partial charge in [0.15, 0.2) is 6.10 Å². The summed E-state index contributed by atoms with van der Waals surface area (Å²) >= 11 is 0. The lowest BCUT2D eigenvalue weighted by Crippen LogP contribution is -2.38. The van der Waals surface area contributed by atoms with Crippen LogP contribution in [0.2, 0.25) is 0 Å². The second kappa shape index (κ2) is 8.22. The molecule has 1 atom stereocenters. The molecule has 0 aliphatic carbocycles. The minimum absolute atomic E-state index is 0.154. The van der Waals surface area contributed by atoms with Gasteiger partial charge in [0.25, 0.3) is 5.91 Å². The molecule has 4 nitrogen and oxygen atoms in total. The van der Waals surface area contributed by atoms with Gasteiger partial charge in [0.05, 0.1) is 6.54 Å². The Kier molecular flexibility index (Phi) is 6.03. The Morgan fingerprint density at radius 3 is 2.48 bits per heavy atom. The van der Waals surface area contributed by atoms with E-state index in [1.165, 1.54) is 5.56 Å². The molecular weight excluding hydrogens is 290 g/mol. The summed E-state index contributed by atoms with van der Waals surface area (Å²) in [6.45, 7) is 6.61. The van der Waals surface area contributed by atoms with Gasteiger partial charge in [0.2, 0.25) is 0 Å². The highest BCUT2D eigenvalue weighted by molar-refractivity contribution is 5.80. The largest absolute Gasteiger partial charge is 0.492 e. The number of ether oxygens (including phenoxy) is 2. The van der Waals surface area contributed by atoms with Crippen molar-refractivity contribution in [1.82, 2.24) is 5.32 Å². The van der Waals surface area contributed by atoms with Crippen LogP contribution < -0.4 is 14.8 Å². The molecule has 0 saturated heterocycles. The van der Waals surface area contributed by atoms with Crippen molar-refractivity contribution >= 4 is 5.91 Å². The van der Waals surface area contributed by atoms with Crippen molar-refractivity contribution in [3.8, 4) is 11.5 Å². The highest BCUT2D eigenvalue weighted by Gasteiger charge is 2.13. The van der Waals surface area contributed by atoms with Gasteiger partial charge >= 0.3 is 0 Å². The van der Waals surface area contributed by atoms with Crippen LogP contribution in [0, 0.1) is 13.8 Å². The summed E-state index contributed by atoms with van der Waals surface area (Å²) in [4.78, 5) is 12.0. The maximum absolute atomic E-state index is 12.0. The minimum atomic E-state index is -0.545. The van der Waals surface area contributed by atoms with Crippen LogP contribution in [0.5, 0.6) is 11.5 Å². The quantitative estimate of drug-likeness (QED) is 0.798. The monoisotopic (exact) mass is 313 g/mol. The number of aryl methyl sites for hydroxylation is 2. The average molecular weight is 313 g/mol. The maximum Gasteiger partial charge on any atom is 0.260 e. The Hall–Kier alpha value is -2.49. The van der Waals surface area contributed by atoms with Crippen molar-refractivity contribution < 1.29 is 14.3 Å². The third kappa shape index (κ3) is 5.66. The Bertz CT molecular complexity index is 637. The van der Waals surface area contributed by atoms with Crippen molar-refractivity contribution in [3.63, 3.8) is 0 Å². The molecule has 0 aliphatic rings. The van der Waals surface area contributed by atoms with Crippen molar-refractivity contribution in [2.24, 2.45) is 0 Å². The first-order valence-corrected chi connectivity index (χ1v) is 7.75. The molecular formula is C19H23NO3. The summed E-state index contributed by atoms with van der Waals surface area (Å²) in [7, 11) is 0. The highest BCUT2D eigenvalue weighted by atomic mass is 16.5. The van der Waals surface area contributed by atoms with Crippen molar-refractivity contribution in [2.75, 3.05) is 13.2 Å². The van der Waals surface area contributed by atoms with Gasteiger partial charge in [-0.25, -0.2) is 0 Å². The van der Waals surface area contributed by atoms with Gasteiger partial charge in [-0.05, 0) is 50.6 Å². The number of carbonyl (C=O) groups is 1. The second-order valence-corrected chi connectivity index (χ2v) is 5.53. The molecule has 1 amide bonds. The van der Waals surface area contributed by atoms with Crippen molar-refractivity contribution in [2.45, 2.75) is 26.9 Å². The fourth-order valence-corrected chi connectivity index (χ4v) is 2.07. The van der Waals surface area contributed by atoms with E-state index < -0.39 is 6.10 Å². The van der Waals surface area contributed by atoms with E-state index in [4.69, 9.17) is 9.47 Å². The summed E-state index contributed by atoms with van der Waals surface area (Å²) in [6.07, 6.45) is -0.545. The first kappa shape index (κ1) is 16.9. The zero-order valence-corrected chi connectivity index (χ0v) is 13.8. The molecule has 122 valence electrons. The lowest BCUT2D eigenvalue weighted by molar-refractivity contribution is -0.127. The number of amides is 1. The smallest absolute Gasteiger partial charge is 0.260 e. The molecule has 0 saturated carbocycles. The van der Waals surface area contributed by atoms with Crippen molar-refractivity contribution in [3.05, 3.63) is 59.7 Å². The molecule has 1 unspecified atom stereocenters. The van der Waals surface area contributed by atoms with E-state index in [2.05, 4.69) is 5.32 Å².